The molecule has 5 nitrogen and oxygen atoms in total. The van der Waals surface area contributed by atoms with Gasteiger partial charge in [0.1, 0.15) is 0 Å². The van der Waals surface area contributed by atoms with E-state index >= 15 is 0 Å². The molecule has 0 aromatic rings. The van der Waals surface area contributed by atoms with Crippen molar-refractivity contribution < 1.29 is 14.4 Å². The minimum Gasteiger partial charge on any atom is -0.326 e. The quantitative estimate of drug-likeness (QED) is 0.472. The molecule has 0 unspecified atom stereocenters. The fraction of sp³-hybridized carbons (Fsp3) is 1.00. The van der Waals surface area contributed by atoms with E-state index in [1.807, 2.05) is 13.8 Å². The molecule has 0 aromatic heterocycles. The Labute approximate surface area is 78.7 Å². The van der Waals surface area contributed by atoms with Crippen molar-refractivity contribution in [2.45, 2.75) is 32.4 Å². The SMILES string of the molecule is CC(C)C[C@@H](N)[C@H](N)CP(=O)(O)O. The van der Waals surface area contributed by atoms with Crippen LogP contribution in [0.2, 0.25) is 0 Å². The lowest BCUT2D eigenvalue weighted by Crippen LogP contribution is -2.44. The second kappa shape index (κ2) is 5.08. The van der Waals surface area contributed by atoms with E-state index in [0.29, 0.717) is 12.3 Å². The van der Waals surface area contributed by atoms with Gasteiger partial charge in [-0.05, 0) is 12.3 Å². The minimum absolute atomic E-state index is 0.332. The summed E-state index contributed by atoms with van der Waals surface area (Å²) in [4.78, 5) is 17.3. The lowest BCUT2D eigenvalue weighted by atomic mass is 10.00. The Kier molecular flexibility index (Phi) is 5.10. The molecule has 0 aromatic carbocycles. The maximum Gasteiger partial charge on any atom is 0.327 e. The Morgan fingerprint density at radius 3 is 2.00 bits per heavy atom. The molecule has 0 radical (unpaired) electrons. The first kappa shape index (κ1) is 13.1. The Bertz CT molecular complexity index is 192. The summed E-state index contributed by atoms with van der Waals surface area (Å²) in [7, 11) is -4.02. The first-order valence-corrected chi connectivity index (χ1v) is 6.08. The van der Waals surface area contributed by atoms with E-state index in [4.69, 9.17) is 21.3 Å². The maximum atomic E-state index is 10.6. The molecule has 0 saturated carbocycles. The van der Waals surface area contributed by atoms with Crippen molar-refractivity contribution in [1.82, 2.24) is 0 Å². The molecule has 0 aliphatic heterocycles. The highest BCUT2D eigenvalue weighted by Crippen LogP contribution is 2.35. The van der Waals surface area contributed by atoms with Crippen LogP contribution in [0.1, 0.15) is 20.3 Å². The smallest absolute Gasteiger partial charge is 0.326 e. The molecule has 0 aliphatic rings. The molecule has 80 valence electrons. The highest BCUT2D eigenvalue weighted by atomic mass is 31.2. The van der Waals surface area contributed by atoms with Gasteiger partial charge in [-0.2, -0.15) is 0 Å². The summed E-state index contributed by atoms with van der Waals surface area (Å²) >= 11 is 0. The highest BCUT2D eigenvalue weighted by Gasteiger charge is 2.23. The van der Waals surface area contributed by atoms with Crippen LogP contribution in [0.5, 0.6) is 0 Å². The highest BCUT2D eigenvalue weighted by molar-refractivity contribution is 7.51. The zero-order valence-corrected chi connectivity index (χ0v) is 8.95. The third-order valence-electron chi connectivity index (χ3n) is 1.74. The summed E-state index contributed by atoms with van der Waals surface area (Å²) in [6, 6.07) is -0.962. The summed E-state index contributed by atoms with van der Waals surface area (Å²) in [5.74, 6) is 0.387. The molecule has 0 bridgehead atoms. The molecule has 6 heteroatoms. The molecule has 0 amide bonds. The van der Waals surface area contributed by atoms with Crippen molar-refractivity contribution in [3.05, 3.63) is 0 Å². The molecule has 0 spiro atoms. The van der Waals surface area contributed by atoms with Crippen LogP contribution in [-0.2, 0) is 4.57 Å². The van der Waals surface area contributed by atoms with Gasteiger partial charge >= 0.3 is 7.60 Å². The van der Waals surface area contributed by atoms with Crippen molar-refractivity contribution in [3.63, 3.8) is 0 Å². The van der Waals surface area contributed by atoms with Crippen LogP contribution in [0.4, 0.5) is 0 Å². The van der Waals surface area contributed by atoms with E-state index in [2.05, 4.69) is 0 Å². The summed E-state index contributed by atoms with van der Waals surface area (Å²) < 4.78 is 10.6. The third-order valence-corrected chi connectivity index (χ3v) is 2.64. The van der Waals surface area contributed by atoms with E-state index in [1.165, 1.54) is 0 Å². The summed E-state index contributed by atoms with van der Waals surface area (Å²) in [5, 5.41) is 0. The van der Waals surface area contributed by atoms with Gasteiger partial charge in [-0.25, -0.2) is 0 Å². The normalized spacial score (nSPS) is 17.5. The fourth-order valence-corrected chi connectivity index (χ4v) is 1.95. The van der Waals surface area contributed by atoms with Gasteiger partial charge < -0.3 is 21.3 Å². The van der Waals surface area contributed by atoms with E-state index in [0.717, 1.165) is 0 Å². The molecule has 0 aliphatic carbocycles. The van der Waals surface area contributed by atoms with Crippen molar-refractivity contribution in [3.8, 4) is 0 Å². The summed E-state index contributed by atoms with van der Waals surface area (Å²) in [6.45, 7) is 3.98. The molecule has 0 rings (SSSR count). The lowest BCUT2D eigenvalue weighted by Gasteiger charge is -2.21. The zero-order valence-electron chi connectivity index (χ0n) is 8.05. The third kappa shape index (κ3) is 7.16. The van der Waals surface area contributed by atoms with Gasteiger partial charge in [-0.15, -0.1) is 0 Å². The van der Waals surface area contributed by atoms with Gasteiger partial charge in [0, 0.05) is 12.1 Å². The topological polar surface area (TPSA) is 110 Å². The fourth-order valence-electron chi connectivity index (χ4n) is 1.13. The van der Waals surface area contributed by atoms with Crippen LogP contribution in [0, 0.1) is 5.92 Å². The van der Waals surface area contributed by atoms with E-state index in [-0.39, 0.29) is 12.2 Å². The van der Waals surface area contributed by atoms with Crippen LogP contribution >= 0.6 is 7.60 Å². The number of hydrogen-bond donors (Lipinski definition) is 4. The van der Waals surface area contributed by atoms with E-state index in [1.54, 1.807) is 0 Å². The van der Waals surface area contributed by atoms with Crippen molar-refractivity contribution >= 4 is 7.60 Å². The largest absolute Gasteiger partial charge is 0.327 e. The van der Waals surface area contributed by atoms with Crippen LogP contribution in [0.25, 0.3) is 0 Å². The Hall–Kier alpha value is 0.0700. The molecule has 2 atom stereocenters. The van der Waals surface area contributed by atoms with Gasteiger partial charge in [-0.1, -0.05) is 13.8 Å². The number of nitrogens with two attached hydrogens (primary N) is 2. The Morgan fingerprint density at radius 1 is 1.23 bits per heavy atom. The summed E-state index contributed by atoms with van der Waals surface area (Å²) in [5.41, 5.74) is 11.2. The molecule has 0 fully saturated rings. The average Bonchev–Trinajstić information content (AvgIpc) is 1.81. The van der Waals surface area contributed by atoms with E-state index in [9.17, 15) is 4.57 Å². The molecule has 13 heavy (non-hydrogen) atoms. The molecule has 0 heterocycles. The van der Waals surface area contributed by atoms with Crippen LogP contribution in [0.15, 0.2) is 0 Å². The second-order valence-corrected chi connectivity index (χ2v) is 5.50. The first-order valence-electron chi connectivity index (χ1n) is 4.28. The Balaban J connectivity index is 3.96. The van der Waals surface area contributed by atoms with Crippen LogP contribution in [0.3, 0.4) is 0 Å². The minimum atomic E-state index is -4.02. The number of hydrogen-bond acceptors (Lipinski definition) is 3. The van der Waals surface area contributed by atoms with Gasteiger partial charge in [0.05, 0.1) is 6.16 Å². The summed E-state index contributed by atoms with van der Waals surface area (Å²) in [6.07, 6.45) is 0.349. The molecule has 0 saturated heterocycles. The van der Waals surface area contributed by atoms with Gasteiger partial charge in [0.25, 0.3) is 0 Å². The second-order valence-electron chi connectivity index (χ2n) is 3.80. The van der Waals surface area contributed by atoms with Crippen molar-refractivity contribution in [2.24, 2.45) is 17.4 Å². The Morgan fingerprint density at radius 2 is 1.69 bits per heavy atom. The standard InChI is InChI=1S/C7H19N2O3P/c1-5(2)3-6(8)7(9)4-13(10,11)12/h5-7H,3-4,8-9H2,1-2H3,(H2,10,11,12)/t6-,7-/m1/s1. The predicted molar refractivity (Wildman–Crippen MR) is 52.3 cm³/mol. The average molecular weight is 210 g/mol. The zero-order chi connectivity index (χ0) is 10.6. The van der Waals surface area contributed by atoms with Crippen molar-refractivity contribution in [1.29, 1.82) is 0 Å². The monoisotopic (exact) mass is 210 g/mol. The van der Waals surface area contributed by atoms with Crippen LogP contribution in [-0.4, -0.2) is 28.0 Å². The van der Waals surface area contributed by atoms with Crippen molar-refractivity contribution in [2.75, 3.05) is 6.16 Å². The molecular formula is C7H19N2O3P. The molecular weight excluding hydrogens is 191 g/mol. The maximum absolute atomic E-state index is 10.6. The number of rotatable bonds is 5. The van der Waals surface area contributed by atoms with Gasteiger partial charge in [0.2, 0.25) is 0 Å². The van der Waals surface area contributed by atoms with Crippen LogP contribution < -0.4 is 11.5 Å². The molecule has 6 N–H and O–H groups in total. The van der Waals surface area contributed by atoms with Gasteiger partial charge in [0.15, 0.2) is 0 Å². The van der Waals surface area contributed by atoms with Gasteiger partial charge in [-0.3, -0.25) is 4.57 Å². The predicted octanol–water partition coefficient (Wildman–Crippen LogP) is -0.135. The van der Waals surface area contributed by atoms with E-state index < -0.39 is 13.6 Å². The lowest BCUT2D eigenvalue weighted by molar-refractivity contribution is 0.358. The first-order chi connectivity index (χ1) is 5.72.